The summed E-state index contributed by atoms with van der Waals surface area (Å²) in [6, 6.07) is 1.44. The molecule has 9 heavy (non-hydrogen) atoms. The van der Waals surface area contributed by atoms with Crippen LogP contribution < -0.4 is 11.4 Å². The molecule has 4 nitrogen and oxygen atoms in total. The van der Waals surface area contributed by atoms with E-state index in [-0.39, 0.29) is 5.82 Å². The molecule has 1 aromatic rings. The standard InChI is InChI=1S/C4H4ClN3O/c5-8-2-1-3(6)7-4(8)9/h1-2H,(H2,6,7,9). The minimum Gasteiger partial charge on any atom is -0.383 e. The van der Waals surface area contributed by atoms with Gasteiger partial charge in [-0.2, -0.15) is 4.98 Å². The quantitative estimate of drug-likeness (QED) is 0.551. The van der Waals surface area contributed by atoms with Gasteiger partial charge in [0.1, 0.15) is 5.82 Å². The van der Waals surface area contributed by atoms with Gasteiger partial charge in [-0.15, -0.1) is 0 Å². The second-order valence-electron chi connectivity index (χ2n) is 1.45. The normalized spacial score (nSPS) is 9.44. The lowest BCUT2D eigenvalue weighted by atomic mass is 10.6. The van der Waals surface area contributed by atoms with Crippen molar-refractivity contribution in [2.45, 2.75) is 0 Å². The highest BCUT2D eigenvalue weighted by Gasteiger charge is 1.90. The Bertz CT molecular complexity index is 269. The molecule has 0 amide bonds. The third-order valence-corrected chi connectivity index (χ3v) is 1.04. The molecule has 0 spiro atoms. The molecule has 0 aliphatic carbocycles. The highest BCUT2D eigenvalue weighted by molar-refractivity contribution is 6.15. The summed E-state index contributed by atoms with van der Waals surface area (Å²) in [6.45, 7) is 0. The Kier molecular flexibility index (Phi) is 1.40. The smallest absolute Gasteiger partial charge is 0.364 e. The van der Waals surface area contributed by atoms with Crippen molar-refractivity contribution in [2.75, 3.05) is 5.73 Å². The first-order valence-electron chi connectivity index (χ1n) is 2.21. The van der Waals surface area contributed by atoms with E-state index in [0.29, 0.717) is 0 Å². The molecule has 0 bridgehead atoms. The van der Waals surface area contributed by atoms with E-state index in [9.17, 15) is 4.79 Å². The Balaban J connectivity index is 3.34. The molecule has 0 saturated heterocycles. The molecule has 1 aromatic heterocycles. The molecule has 2 N–H and O–H groups in total. The first kappa shape index (κ1) is 6.10. The third kappa shape index (κ3) is 1.20. The fraction of sp³-hybridized carbons (Fsp3) is 0. The number of halogens is 1. The van der Waals surface area contributed by atoms with Crippen LogP contribution in [0.25, 0.3) is 0 Å². The van der Waals surface area contributed by atoms with Gasteiger partial charge in [0.15, 0.2) is 0 Å². The summed E-state index contributed by atoms with van der Waals surface area (Å²) >= 11 is 5.27. The Morgan fingerprint density at radius 3 is 2.89 bits per heavy atom. The maximum Gasteiger partial charge on any atom is 0.364 e. The monoisotopic (exact) mass is 145 g/mol. The summed E-state index contributed by atoms with van der Waals surface area (Å²) in [4.78, 5) is 13.8. The van der Waals surface area contributed by atoms with Crippen LogP contribution in [0.1, 0.15) is 0 Å². The van der Waals surface area contributed by atoms with Crippen LogP contribution in [-0.2, 0) is 0 Å². The first-order chi connectivity index (χ1) is 4.20. The van der Waals surface area contributed by atoms with Crippen molar-refractivity contribution in [1.29, 1.82) is 0 Å². The van der Waals surface area contributed by atoms with Crippen molar-refractivity contribution >= 4 is 17.6 Å². The zero-order valence-electron chi connectivity index (χ0n) is 4.41. The van der Waals surface area contributed by atoms with E-state index in [2.05, 4.69) is 4.98 Å². The maximum absolute atomic E-state index is 10.5. The SMILES string of the molecule is Nc1ccn(Cl)c(=O)n1. The van der Waals surface area contributed by atoms with Gasteiger partial charge in [0, 0.05) is 18.0 Å². The number of aromatic nitrogens is 2. The van der Waals surface area contributed by atoms with Gasteiger partial charge in [-0.3, -0.25) is 0 Å². The molecule has 0 aliphatic rings. The second kappa shape index (κ2) is 2.06. The average molecular weight is 146 g/mol. The number of hydrogen-bond acceptors (Lipinski definition) is 3. The maximum atomic E-state index is 10.5. The van der Waals surface area contributed by atoms with Crippen LogP contribution in [-0.4, -0.2) is 9.07 Å². The number of nitrogens with two attached hydrogens (primary N) is 1. The average Bonchev–Trinajstić information content (AvgIpc) is 1.80. The van der Waals surface area contributed by atoms with Crippen molar-refractivity contribution in [3.63, 3.8) is 0 Å². The van der Waals surface area contributed by atoms with E-state index in [4.69, 9.17) is 17.5 Å². The Labute approximate surface area is 56.0 Å². The molecule has 0 unspecified atom stereocenters. The number of anilines is 1. The minimum absolute atomic E-state index is 0.178. The van der Waals surface area contributed by atoms with E-state index in [1.165, 1.54) is 12.3 Å². The van der Waals surface area contributed by atoms with Crippen LogP contribution in [0.15, 0.2) is 17.1 Å². The molecule has 0 aromatic carbocycles. The largest absolute Gasteiger partial charge is 0.383 e. The molecule has 1 heterocycles. The molecular formula is C4H4ClN3O. The molecule has 0 saturated carbocycles. The zero-order chi connectivity index (χ0) is 6.85. The predicted octanol–water partition coefficient (Wildman–Crippen LogP) is -0.173. The first-order valence-corrected chi connectivity index (χ1v) is 2.55. The van der Waals surface area contributed by atoms with Gasteiger partial charge in [0.05, 0.1) is 0 Å². The third-order valence-electron chi connectivity index (χ3n) is 0.784. The molecule has 1 rings (SSSR count). The van der Waals surface area contributed by atoms with E-state index in [1.807, 2.05) is 0 Å². The highest BCUT2D eigenvalue weighted by atomic mass is 35.5. The fourth-order valence-corrected chi connectivity index (χ4v) is 0.495. The van der Waals surface area contributed by atoms with Gasteiger partial charge in [-0.1, -0.05) is 0 Å². The predicted molar refractivity (Wildman–Crippen MR) is 34.2 cm³/mol. The van der Waals surface area contributed by atoms with Crippen molar-refractivity contribution in [3.8, 4) is 0 Å². The molecule has 0 radical (unpaired) electrons. The summed E-state index contributed by atoms with van der Waals surface area (Å²) in [5.74, 6) is 0.178. The summed E-state index contributed by atoms with van der Waals surface area (Å²) < 4.78 is 0.830. The lowest BCUT2D eigenvalue weighted by molar-refractivity contribution is 1.01. The van der Waals surface area contributed by atoms with E-state index < -0.39 is 5.69 Å². The molecule has 0 aliphatic heterocycles. The number of nitrogen functional groups attached to an aromatic ring is 1. The van der Waals surface area contributed by atoms with Gasteiger partial charge >= 0.3 is 5.69 Å². The molecular weight excluding hydrogens is 142 g/mol. The van der Waals surface area contributed by atoms with E-state index in [0.717, 1.165) is 4.09 Å². The molecule has 5 heteroatoms. The molecule has 0 fully saturated rings. The van der Waals surface area contributed by atoms with Crippen LogP contribution in [0.4, 0.5) is 5.82 Å². The topological polar surface area (TPSA) is 60.9 Å². The van der Waals surface area contributed by atoms with Crippen LogP contribution >= 0.6 is 11.8 Å². The highest BCUT2D eigenvalue weighted by Crippen LogP contribution is 1.88. The Morgan fingerprint density at radius 1 is 1.78 bits per heavy atom. The number of hydrogen-bond donors (Lipinski definition) is 1. The van der Waals surface area contributed by atoms with E-state index in [1.54, 1.807) is 0 Å². The van der Waals surface area contributed by atoms with Gasteiger partial charge in [0.25, 0.3) is 0 Å². The molecule has 0 atom stereocenters. The van der Waals surface area contributed by atoms with Crippen LogP contribution in [0.3, 0.4) is 0 Å². The summed E-state index contributed by atoms with van der Waals surface area (Å²) in [6.07, 6.45) is 1.34. The van der Waals surface area contributed by atoms with Gasteiger partial charge < -0.3 is 5.73 Å². The fourth-order valence-electron chi connectivity index (χ4n) is 0.401. The van der Waals surface area contributed by atoms with Crippen molar-refractivity contribution in [1.82, 2.24) is 9.07 Å². The van der Waals surface area contributed by atoms with Gasteiger partial charge in [-0.05, 0) is 6.07 Å². The summed E-state index contributed by atoms with van der Waals surface area (Å²) in [5.41, 5.74) is 4.59. The van der Waals surface area contributed by atoms with Gasteiger partial charge in [-0.25, -0.2) is 8.88 Å². The Hall–Kier alpha value is -1.03. The van der Waals surface area contributed by atoms with Crippen LogP contribution in [0, 0.1) is 0 Å². The lowest BCUT2D eigenvalue weighted by Crippen LogP contribution is -2.16. The van der Waals surface area contributed by atoms with Gasteiger partial charge in [0.2, 0.25) is 0 Å². The number of nitrogens with zero attached hydrogens (tertiary/aromatic N) is 2. The summed E-state index contributed by atoms with van der Waals surface area (Å²) in [5, 5.41) is 0. The Morgan fingerprint density at radius 2 is 2.44 bits per heavy atom. The zero-order valence-corrected chi connectivity index (χ0v) is 5.17. The number of rotatable bonds is 0. The van der Waals surface area contributed by atoms with Crippen molar-refractivity contribution in [3.05, 3.63) is 22.7 Å². The van der Waals surface area contributed by atoms with Crippen LogP contribution in [0.2, 0.25) is 0 Å². The van der Waals surface area contributed by atoms with Crippen LogP contribution in [0.5, 0.6) is 0 Å². The second-order valence-corrected chi connectivity index (χ2v) is 1.81. The summed E-state index contributed by atoms with van der Waals surface area (Å²) in [7, 11) is 0. The van der Waals surface area contributed by atoms with Crippen molar-refractivity contribution in [2.24, 2.45) is 0 Å². The molecule has 48 valence electrons. The van der Waals surface area contributed by atoms with E-state index >= 15 is 0 Å². The van der Waals surface area contributed by atoms with Crippen molar-refractivity contribution < 1.29 is 0 Å². The lowest BCUT2D eigenvalue weighted by Gasteiger charge is -1.90. The minimum atomic E-state index is -0.559.